The molecule has 2 aliphatic rings. The van der Waals surface area contributed by atoms with Crippen LogP contribution in [0.25, 0.3) is 0 Å². The molecule has 2 rings (SSSR count). The van der Waals surface area contributed by atoms with Gasteiger partial charge in [-0.3, -0.25) is 0 Å². The van der Waals surface area contributed by atoms with Crippen molar-refractivity contribution in [3.63, 3.8) is 0 Å². The fourth-order valence-electron chi connectivity index (χ4n) is 2.27. The maximum absolute atomic E-state index is 11.8. The molecule has 2 N–H and O–H groups in total. The number of hydrogen-bond acceptors (Lipinski definition) is 3. The summed E-state index contributed by atoms with van der Waals surface area (Å²) in [5.74, 6) is 0.472. The molecule has 4 heteroatoms. The molecule has 0 bridgehead atoms. The number of nitrogens with two attached hydrogens (primary N) is 1. The molecule has 92 valence electrons. The topological polar surface area (TPSA) is 55.6 Å². The Balaban J connectivity index is 1.86. The Morgan fingerprint density at radius 1 is 1.44 bits per heavy atom. The highest BCUT2D eigenvalue weighted by molar-refractivity contribution is 5.68. The Morgan fingerprint density at radius 2 is 2.06 bits per heavy atom. The summed E-state index contributed by atoms with van der Waals surface area (Å²) in [5, 5.41) is 0. The van der Waals surface area contributed by atoms with Crippen molar-refractivity contribution in [2.75, 3.05) is 13.1 Å². The van der Waals surface area contributed by atoms with Crippen molar-refractivity contribution in [2.24, 2.45) is 11.7 Å². The summed E-state index contributed by atoms with van der Waals surface area (Å²) in [6, 6.07) is 0. The average Bonchev–Trinajstić information content (AvgIpc) is 2.71. The standard InChI is InChI=1S/C12H22N2O2/c1-11(2,3)16-10(15)14-7-4-9(8-14)12(13)5-6-12/h9H,4-8,13H2,1-3H3. The van der Waals surface area contributed by atoms with Crippen LogP contribution >= 0.6 is 0 Å². The molecule has 0 spiro atoms. The Bertz CT molecular complexity index is 292. The molecule has 1 amide bonds. The lowest BCUT2D eigenvalue weighted by atomic mass is 9.98. The van der Waals surface area contributed by atoms with Crippen LogP contribution in [0.5, 0.6) is 0 Å². The smallest absolute Gasteiger partial charge is 0.410 e. The Labute approximate surface area is 97.1 Å². The number of rotatable bonds is 1. The Morgan fingerprint density at radius 3 is 2.56 bits per heavy atom. The highest BCUT2D eigenvalue weighted by atomic mass is 16.6. The summed E-state index contributed by atoms with van der Waals surface area (Å²) in [6.07, 6.45) is 3.05. The number of carbonyl (C=O) groups is 1. The first-order valence-corrected chi connectivity index (χ1v) is 6.07. The van der Waals surface area contributed by atoms with Crippen molar-refractivity contribution >= 4 is 6.09 Å². The van der Waals surface area contributed by atoms with Crippen LogP contribution in [0.4, 0.5) is 4.79 Å². The number of ether oxygens (including phenoxy) is 1. The van der Waals surface area contributed by atoms with Crippen LogP contribution in [0.2, 0.25) is 0 Å². The van der Waals surface area contributed by atoms with Gasteiger partial charge in [-0.1, -0.05) is 0 Å². The van der Waals surface area contributed by atoms with Crippen molar-refractivity contribution in [3.8, 4) is 0 Å². The first-order chi connectivity index (χ1) is 7.30. The first kappa shape index (κ1) is 11.7. The zero-order valence-corrected chi connectivity index (χ0v) is 10.5. The summed E-state index contributed by atoms with van der Waals surface area (Å²) in [7, 11) is 0. The summed E-state index contributed by atoms with van der Waals surface area (Å²) in [4.78, 5) is 13.6. The lowest BCUT2D eigenvalue weighted by Gasteiger charge is -2.25. The number of carbonyl (C=O) groups excluding carboxylic acids is 1. The van der Waals surface area contributed by atoms with Crippen molar-refractivity contribution < 1.29 is 9.53 Å². The molecule has 1 saturated heterocycles. The third-order valence-corrected chi connectivity index (χ3v) is 3.48. The van der Waals surface area contributed by atoms with E-state index in [0.717, 1.165) is 32.4 Å². The molecule has 1 aliphatic heterocycles. The zero-order valence-electron chi connectivity index (χ0n) is 10.5. The van der Waals surface area contributed by atoms with E-state index in [1.807, 2.05) is 20.8 Å². The number of amides is 1. The SMILES string of the molecule is CC(C)(C)OC(=O)N1CCC(C2(N)CC2)C1. The Kier molecular flexibility index (Phi) is 2.65. The fourth-order valence-corrected chi connectivity index (χ4v) is 2.27. The maximum atomic E-state index is 11.8. The third-order valence-electron chi connectivity index (χ3n) is 3.48. The predicted octanol–water partition coefficient (Wildman–Crippen LogP) is 1.73. The first-order valence-electron chi connectivity index (χ1n) is 6.07. The van der Waals surface area contributed by atoms with Gasteiger partial charge in [0.1, 0.15) is 5.60 Å². The molecule has 0 aromatic heterocycles. The van der Waals surface area contributed by atoms with Gasteiger partial charge in [0.15, 0.2) is 0 Å². The van der Waals surface area contributed by atoms with Crippen molar-refractivity contribution in [1.29, 1.82) is 0 Å². The van der Waals surface area contributed by atoms with Gasteiger partial charge in [-0.05, 0) is 46.0 Å². The van der Waals surface area contributed by atoms with E-state index in [1.165, 1.54) is 0 Å². The molecule has 1 saturated carbocycles. The quantitative estimate of drug-likeness (QED) is 0.741. The van der Waals surface area contributed by atoms with E-state index >= 15 is 0 Å². The molecule has 1 aliphatic carbocycles. The van der Waals surface area contributed by atoms with Gasteiger partial charge in [0, 0.05) is 18.6 Å². The molecule has 4 nitrogen and oxygen atoms in total. The fraction of sp³-hybridized carbons (Fsp3) is 0.917. The van der Waals surface area contributed by atoms with Gasteiger partial charge in [0.2, 0.25) is 0 Å². The van der Waals surface area contributed by atoms with Crippen LogP contribution in [0.15, 0.2) is 0 Å². The summed E-state index contributed by atoms with van der Waals surface area (Å²) >= 11 is 0. The molecular formula is C12H22N2O2. The normalized spacial score (nSPS) is 28.0. The number of nitrogens with zero attached hydrogens (tertiary/aromatic N) is 1. The molecular weight excluding hydrogens is 204 g/mol. The molecule has 1 heterocycles. The van der Waals surface area contributed by atoms with E-state index < -0.39 is 5.60 Å². The van der Waals surface area contributed by atoms with Crippen molar-refractivity contribution in [1.82, 2.24) is 4.90 Å². The van der Waals surface area contributed by atoms with Gasteiger partial charge in [-0.25, -0.2) is 4.79 Å². The van der Waals surface area contributed by atoms with Crippen LogP contribution in [0.3, 0.4) is 0 Å². The van der Waals surface area contributed by atoms with Gasteiger partial charge in [0.05, 0.1) is 0 Å². The molecule has 1 atom stereocenters. The maximum Gasteiger partial charge on any atom is 0.410 e. The van der Waals surface area contributed by atoms with E-state index in [4.69, 9.17) is 10.5 Å². The van der Waals surface area contributed by atoms with E-state index in [2.05, 4.69) is 0 Å². The molecule has 0 aromatic rings. The van der Waals surface area contributed by atoms with Crippen molar-refractivity contribution in [3.05, 3.63) is 0 Å². The minimum Gasteiger partial charge on any atom is -0.444 e. The van der Waals surface area contributed by atoms with Crippen LogP contribution < -0.4 is 5.73 Å². The molecule has 0 radical (unpaired) electrons. The molecule has 0 aromatic carbocycles. The van der Waals surface area contributed by atoms with Gasteiger partial charge in [-0.15, -0.1) is 0 Å². The second-order valence-corrected chi connectivity index (χ2v) is 6.15. The predicted molar refractivity (Wildman–Crippen MR) is 62.1 cm³/mol. The zero-order chi connectivity index (χ0) is 12.0. The Hall–Kier alpha value is -0.770. The highest BCUT2D eigenvalue weighted by Gasteiger charge is 2.48. The van der Waals surface area contributed by atoms with Crippen LogP contribution in [0, 0.1) is 5.92 Å². The van der Waals surface area contributed by atoms with Crippen LogP contribution in [-0.4, -0.2) is 35.2 Å². The summed E-state index contributed by atoms with van der Waals surface area (Å²) < 4.78 is 5.35. The van der Waals surface area contributed by atoms with Gasteiger partial charge in [0.25, 0.3) is 0 Å². The van der Waals surface area contributed by atoms with E-state index in [0.29, 0.717) is 5.92 Å². The van der Waals surface area contributed by atoms with Crippen molar-refractivity contribution in [2.45, 2.75) is 51.2 Å². The third kappa shape index (κ3) is 2.48. The largest absolute Gasteiger partial charge is 0.444 e. The second kappa shape index (κ2) is 3.62. The summed E-state index contributed by atoms with van der Waals surface area (Å²) in [5.41, 5.74) is 5.78. The molecule has 16 heavy (non-hydrogen) atoms. The minimum atomic E-state index is -0.408. The van der Waals surface area contributed by atoms with E-state index in [9.17, 15) is 4.79 Å². The summed E-state index contributed by atoms with van der Waals surface area (Å²) in [6.45, 7) is 7.24. The van der Waals surface area contributed by atoms with E-state index in [1.54, 1.807) is 4.90 Å². The van der Waals surface area contributed by atoms with E-state index in [-0.39, 0.29) is 11.6 Å². The van der Waals surface area contributed by atoms with Gasteiger partial charge < -0.3 is 15.4 Å². The number of likely N-dealkylation sites (tertiary alicyclic amines) is 1. The second-order valence-electron chi connectivity index (χ2n) is 6.15. The monoisotopic (exact) mass is 226 g/mol. The minimum absolute atomic E-state index is 0.0246. The lowest BCUT2D eigenvalue weighted by molar-refractivity contribution is 0.0286. The molecule has 2 fully saturated rings. The van der Waals surface area contributed by atoms with Gasteiger partial charge in [-0.2, -0.15) is 0 Å². The molecule has 1 unspecified atom stereocenters. The van der Waals surface area contributed by atoms with Crippen LogP contribution in [0.1, 0.15) is 40.0 Å². The average molecular weight is 226 g/mol. The highest BCUT2D eigenvalue weighted by Crippen LogP contribution is 2.43. The lowest BCUT2D eigenvalue weighted by Crippen LogP contribution is -2.38. The van der Waals surface area contributed by atoms with Gasteiger partial charge >= 0.3 is 6.09 Å². The van der Waals surface area contributed by atoms with Crippen LogP contribution in [-0.2, 0) is 4.74 Å². The number of hydrogen-bond donors (Lipinski definition) is 1.